The number of Topliss-reactive ketones (excluding diaryl/α,β-unsaturated/α-hetero) is 1. The van der Waals surface area contributed by atoms with Gasteiger partial charge < -0.3 is 0 Å². The van der Waals surface area contributed by atoms with E-state index in [1.165, 1.54) is 20.8 Å². The minimum atomic E-state index is -3.02. The number of ketones is 1. The molecule has 33 heavy (non-hydrogen) atoms. The molecule has 0 spiro atoms. The molecule has 0 fully saturated rings. The molecule has 4 rings (SSSR count). The Morgan fingerprint density at radius 3 is 1.73 bits per heavy atom. The summed E-state index contributed by atoms with van der Waals surface area (Å²) < 4.78 is 0. The number of rotatable bonds is 10. The molecule has 5 heteroatoms. The van der Waals surface area contributed by atoms with Gasteiger partial charge in [-0.05, 0) is 0 Å². The van der Waals surface area contributed by atoms with Crippen molar-refractivity contribution in [2.45, 2.75) is 32.6 Å². The normalized spacial score (nSPS) is 12.7. The molecule has 0 aliphatic carbocycles. The number of nitrogens with zero attached hydrogens (tertiary/aromatic N) is 1. The van der Waals surface area contributed by atoms with E-state index in [1.54, 1.807) is 11.3 Å². The first-order chi connectivity index (χ1) is 16.0. The predicted octanol–water partition coefficient (Wildman–Crippen LogP) is 6.57. The van der Waals surface area contributed by atoms with Gasteiger partial charge in [-0.25, -0.2) is 0 Å². The maximum absolute atomic E-state index is 13.1. The molecule has 0 aliphatic heterocycles. The number of thiazole rings is 1. The van der Waals surface area contributed by atoms with Crippen molar-refractivity contribution in [1.82, 2.24) is 4.98 Å². The van der Waals surface area contributed by atoms with Crippen LogP contribution in [-0.4, -0.2) is 16.9 Å². The molecule has 3 aromatic carbocycles. The summed E-state index contributed by atoms with van der Waals surface area (Å²) in [4.78, 5) is 18.7. The summed E-state index contributed by atoms with van der Waals surface area (Å²) in [5.74, 6) is 0.327. The topological polar surface area (TPSA) is 30.0 Å². The number of carbonyl (C=O) groups is 1. The fourth-order valence-corrected chi connectivity index (χ4v) is 12.7. The molecular formula is C28H29BrNOPS. The fraction of sp³-hybridized carbons (Fsp3) is 0.214. The van der Waals surface area contributed by atoms with Gasteiger partial charge in [0.1, 0.15) is 0 Å². The van der Waals surface area contributed by atoms with Crippen molar-refractivity contribution >= 4 is 53.8 Å². The third-order valence-corrected chi connectivity index (χ3v) is 17.3. The molecule has 0 radical (unpaired) electrons. The predicted molar refractivity (Wildman–Crippen MR) is 148 cm³/mol. The Hall–Kier alpha value is -2.13. The summed E-state index contributed by atoms with van der Waals surface area (Å²) in [7, 11) is 0. The summed E-state index contributed by atoms with van der Waals surface area (Å²) in [5, 5.41) is 0.755. The van der Waals surface area contributed by atoms with Gasteiger partial charge in [-0.15, -0.1) is 0 Å². The molecule has 1 heterocycles. The zero-order valence-corrected chi connectivity index (χ0v) is 22.2. The average molecular weight is 538 g/mol. The first kappa shape index (κ1) is 24.0. The van der Waals surface area contributed by atoms with Crippen LogP contribution in [0.1, 0.15) is 29.8 Å². The van der Waals surface area contributed by atoms with E-state index in [0.717, 1.165) is 24.7 Å². The third kappa shape index (κ3) is 4.89. The van der Waals surface area contributed by atoms with E-state index < -0.39 is 5.31 Å². The number of carbonyl (C=O) groups excluding carboxylic acids is 1. The Morgan fingerprint density at radius 1 is 0.818 bits per heavy atom. The van der Waals surface area contributed by atoms with Gasteiger partial charge in [0.2, 0.25) is 0 Å². The van der Waals surface area contributed by atoms with Crippen molar-refractivity contribution in [3.63, 3.8) is 0 Å². The number of aromatic nitrogens is 1. The monoisotopic (exact) mass is 537 g/mol. The van der Waals surface area contributed by atoms with Crippen LogP contribution in [0.4, 0.5) is 0 Å². The molecule has 170 valence electrons. The van der Waals surface area contributed by atoms with Crippen LogP contribution in [-0.2, 0) is 11.2 Å². The Bertz CT molecular complexity index is 1090. The van der Waals surface area contributed by atoms with Crippen LogP contribution < -0.4 is 15.9 Å². The Balaban J connectivity index is 1.66. The molecule has 4 aromatic rings. The summed E-state index contributed by atoms with van der Waals surface area (Å²) in [6.45, 7) is 2.04. The van der Waals surface area contributed by atoms with E-state index in [1.807, 2.05) is 12.4 Å². The first-order valence-corrected chi connectivity index (χ1v) is 16.6. The van der Waals surface area contributed by atoms with Gasteiger partial charge in [0.25, 0.3) is 0 Å². The van der Waals surface area contributed by atoms with Gasteiger partial charge in [-0.2, -0.15) is 0 Å². The van der Waals surface area contributed by atoms with Gasteiger partial charge in [-0.1, -0.05) is 0 Å². The molecule has 0 unspecified atom stereocenters. The number of benzene rings is 3. The standard InChI is InChI=1S/C28H29BrNOPS/c1-23-28(33-22-30-23)19-11-12-24(31)20-21-32(29,25-13-5-2-6-14-25,26-15-7-3-8-16-26)27-17-9-4-10-18-27/h2-10,13-18,22H,11-12,19-21H2,1H3. The van der Waals surface area contributed by atoms with Crippen LogP contribution in [0, 0.1) is 6.92 Å². The second kappa shape index (κ2) is 10.4. The van der Waals surface area contributed by atoms with Crippen molar-refractivity contribution < 1.29 is 4.79 Å². The van der Waals surface area contributed by atoms with Crippen molar-refractivity contribution in [3.8, 4) is 0 Å². The van der Waals surface area contributed by atoms with Crippen molar-refractivity contribution in [2.24, 2.45) is 0 Å². The van der Waals surface area contributed by atoms with E-state index >= 15 is 0 Å². The Kier molecular flexibility index (Phi) is 7.58. The number of aryl methyl sites for hydroxylation is 2. The van der Waals surface area contributed by atoms with Gasteiger partial charge >= 0.3 is 209 Å². The van der Waals surface area contributed by atoms with Crippen LogP contribution in [0.3, 0.4) is 0 Å². The second-order valence-electron chi connectivity index (χ2n) is 8.42. The molecule has 1 aromatic heterocycles. The summed E-state index contributed by atoms with van der Waals surface area (Å²) in [6.07, 6.45) is 3.72. The third-order valence-electron chi connectivity index (χ3n) is 6.40. The molecule has 0 N–H and O–H groups in total. The molecule has 0 saturated heterocycles. The van der Waals surface area contributed by atoms with Gasteiger partial charge in [-0.3, -0.25) is 0 Å². The summed E-state index contributed by atoms with van der Waals surface area (Å²) in [5.41, 5.74) is 2.98. The number of halogens is 1. The van der Waals surface area contributed by atoms with Gasteiger partial charge in [0.15, 0.2) is 0 Å². The molecule has 0 saturated carbocycles. The van der Waals surface area contributed by atoms with E-state index in [-0.39, 0.29) is 0 Å². The molecule has 0 bridgehead atoms. The van der Waals surface area contributed by atoms with Crippen molar-refractivity contribution in [3.05, 3.63) is 107 Å². The molecule has 2 nitrogen and oxygen atoms in total. The zero-order valence-electron chi connectivity index (χ0n) is 18.9. The van der Waals surface area contributed by atoms with E-state index in [2.05, 4.69) is 111 Å². The Morgan fingerprint density at radius 2 is 1.30 bits per heavy atom. The van der Waals surface area contributed by atoms with E-state index in [9.17, 15) is 4.79 Å². The Labute approximate surface area is 208 Å². The van der Waals surface area contributed by atoms with Crippen molar-refractivity contribution in [2.75, 3.05) is 6.16 Å². The average Bonchev–Trinajstić information content (AvgIpc) is 3.29. The van der Waals surface area contributed by atoms with E-state index in [4.69, 9.17) is 0 Å². The number of hydrogen-bond acceptors (Lipinski definition) is 3. The van der Waals surface area contributed by atoms with Gasteiger partial charge in [0.05, 0.1) is 0 Å². The SMILES string of the molecule is Cc1ncsc1CCCC(=O)CCP(Br)(c1ccccc1)(c1ccccc1)c1ccccc1. The minimum absolute atomic E-state index is 0.327. The second-order valence-corrected chi connectivity index (χ2v) is 18.4. The van der Waals surface area contributed by atoms with Gasteiger partial charge in [0, 0.05) is 0 Å². The maximum atomic E-state index is 13.1. The van der Waals surface area contributed by atoms with Crippen LogP contribution in [0.2, 0.25) is 0 Å². The van der Waals surface area contributed by atoms with Crippen LogP contribution >= 0.6 is 32.1 Å². The van der Waals surface area contributed by atoms with Crippen LogP contribution in [0.5, 0.6) is 0 Å². The quantitative estimate of drug-likeness (QED) is 0.214. The summed E-state index contributed by atoms with van der Waals surface area (Å²) >= 11 is 6.11. The van der Waals surface area contributed by atoms with Crippen LogP contribution in [0.15, 0.2) is 96.5 Å². The molecule has 0 atom stereocenters. The van der Waals surface area contributed by atoms with Crippen molar-refractivity contribution in [1.29, 1.82) is 0 Å². The first-order valence-electron chi connectivity index (χ1n) is 11.3. The van der Waals surface area contributed by atoms with Crippen LogP contribution in [0.25, 0.3) is 0 Å². The van der Waals surface area contributed by atoms with E-state index in [0.29, 0.717) is 18.6 Å². The number of hydrogen-bond donors (Lipinski definition) is 0. The zero-order chi connectivity index (χ0) is 23.2. The summed E-state index contributed by atoms with van der Waals surface area (Å²) in [6, 6.07) is 32.0. The molecular weight excluding hydrogens is 509 g/mol. The molecule has 0 aliphatic rings. The molecule has 0 amide bonds. The fourth-order valence-electron chi connectivity index (χ4n) is 4.52.